The van der Waals surface area contributed by atoms with E-state index in [2.05, 4.69) is 22.7 Å². The first-order chi connectivity index (χ1) is 9.06. The SMILES string of the molecule is CSC(C)Cn1c(CCCl)nc2cc(Cl)c(Cl)cc21. The summed E-state index contributed by atoms with van der Waals surface area (Å²) in [5, 5.41) is 1.60. The van der Waals surface area contributed by atoms with Crippen LogP contribution < -0.4 is 0 Å². The van der Waals surface area contributed by atoms with Crippen LogP contribution in [0.1, 0.15) is 12.7 Å². The van der Waals surface area contributed by atoms with Crippen LogP contribution in [0.15, 0.2) is 12.1 Å². The summed E-state index contributed by atoms with van der Waals surface area (Å²) < 4.78 is 2.20. The summed E-state index contributed by atoms with van der Waals surface area (Å²) in [7, 11) is 0. The van der Waals surface area contributed by atoms with Gasteiger partial charge in [0.2, 0.25) is 0 Å². The highest BCUT2D eigenvalue weighted by Gasteiger charge is 2.14. The molecule has 2 aromatic rings. The van der Waals surface area contributed by atoms with Gasteiger partial charge in [-0.05, 0) is 18.4 Å². The highest BCUT2D eigenvalue weighted by atomic mass is 35.5. The molecule has 0 aliphatic rings. The summed E-state index contributed by atoms with van der Waals surface area (Å²) in [4.78, 5) is 4.62. The Morgan fingerprint density at radius 3 is 2.63 bits per heavy atom. The Bertz CT molecular complexity index is 583. The van der Waals surface area contributed by atoms with E-state index in [9.17, 15) is 0 Å². The third-order valence-electron chi connectivity index (χ3n) is 3.03. The van der Waals surface area contributed by atoms with E-state index in [4.69, 9.17) is 34.8 Å². The Labute approximate surface area is 132 Å². The predicted molar refractivity (Wildman–Crippen MR) is 87.2 cm³/mol. The van der Waals surface area contributed by atoms with Crippen molar-refractivity contribution in [1.82, 2.24) is 9.55 Å². The number of imidazole rings is 1. The number of fused-ring (bicyclic) bond motifs is 1. The van der Waals surface area contributed by atoms with Gasteiger partial charge in [-0.15, -0.1) is 11.6 Å². The molecule has 1 aromatic heterocycles. The molecule has 6 heteroatoms. The molecule has 0 radical (unpaired) electrons. The first kappa shape index (κ1) is 15.3. The van der Waals surface area contributed by atoms with Crippen molar-refractivity contribution in [2.45, 2.75) is 25.1 Å². The average Bonchev–Trinajstić information content (AvgIpc) is 2.68. The van der Waals surface area contributed by atoms with Gasteiger partial charge in [-0.2, -0.15) is 11.8 Å². The van der Waals surface area contributed by atoms with Gasteiger partial charge in [0, 0.05) is 24.1 Å². The molecule has 0 bridgehead atoms. The van der Waals surface area contributed by atoms with E-state index in [0.717, 1.165) is 29.8 Å². The van der Waals surface area contributed by atoms with E-state index in [0.29, 0.717) is 21.2 Å². The number of thioether (sulfide) groups is 1. The van der Waals surface area contributed by atoms with E-state index >= 15 is 0 Å². The largest absolute Gasteiger partial charge is 0.327 e. The molecule has 0 spiro atoms. The van der Waals surface area contributed by atoms with E-state index in [1.54, 1.807) is 0 Å². The Morgan fingerprint density at radius 1 is 1.32 bits per heavy atom. The lowest BCUT2D eigenvalue weighted by atomic mass is 10.3. The van der Waals surface area contributed by atoms with Gasteiger partial charge in [0.15, 0.2) is 0 Å². The summed E-state index contributed by atoms with van der Waals surface area (Å²) in [5.74, 6) is 1.54. The molecule has 0 amide bonds. The lowest BCUT2D eigenvalue weighted by Crippen LogP contribution is -2.12. The van der Waals surface area contributed by atoms with Crippen molar-refractivity contribution in [2.75, 3.05) is 12.1 Å². The number of hydrogen-bond acceptors (Lipinski definition) is 2. The zero-order valence-corrected chi connectivity index (χ0v) is 13.9. The van der Waals surface area contributed by atoms with Crippen LogP contribution in [0.2, 0.25) is 10.0 Å². The highest BCUT2D eigenvalue weighted by Crippen LogP contribution is 2.29. The normalized spacial score (nSPS) is 13.1. The molecule has 19 heavy (non-hydrogen) atoms. The smallest absolute Gasteiger partial charge is 0.111 e. The van der Waals surface area contributed by atoms with E-state index < -0.39 is 0 Å². The number of aromatic nitrogens is 2. The predicted octanol–water partition coefficient (Wildman–Crippen LogP) is 4.88. The van der Waals surface area contributed by atoms with Crippen LogP contribution in [0, 0.1) is 0 Å². The monoisotopic (exact) mass is 336 g/mol. The van der Waals surface area contributed by atoms with Crippen molar-refractivity contribution >= 4 is 57.6 Å². The molecule has 0 aliphatic heterocycles. The zero-order chi connectivity index (χ0) is 14.0. The lowest BCUT2D eigenvalue weighted by Gasteiger charge is -2.13. The van der Waals surface area contributed by atoms with E-state index in [1.807, 2.05) is 23.9 Å². The maximum atomic E-state index is 6.11. The number of alkyl halides is 1. The summed E-state index contributed by atoms with van der Waals surface area (Å²) in [5.41, 5.74) is 1.90. The molecule has 1 aromatic carbocycles. The van der Waals surface area contributed by atoms with E-state index in [1.165, 1.54) is 0 Å². The van der Waals surface area contributed by atoms with Crippen molar-refractivity contribution in [2.24, 2.45) is 0 Å². The Balaban J connectivity index is 2.55. The van der Waals surface area contributed by atoms with Crippen LogP contribution in [-0.4, -0.2) is 26.9 Å². The molecule has 1 atom stereocenters. The van der Waals surface area contributed by atoms with Crippen LogP contribution >= 0.6 is 46.6 Å². The Kier molecular flexibility index (Phi) is 5.29. The van der Waals surface area contributed by atoms with Crippen molar-refractivity contribution in [3.63, 3.8) is 0 Å². The number of hydrogen-bond donors (Lipinski definition) is 0. The van der Waals surface area contributed by atoms with Crippen LogP contribution in [-0.2, 0) is 13.0 Å². The fourth-order valence-corrected chi connectivity index (χ4v) is 2.76. The third-order valence-corrected chi connectivity index (χ3v) is 4.89. The highest BCUT2D eigenvalue weighted by molar-refractivity contribution is 7.99. The van der Waals surface area contributed by atoms with Crippen LogP contribution in [0.3, 0.4) is 0 Å². The quantitative estimate of drug-likeness (QED) is 0.724. The molecule has 1 heterocycles. The zero-order valence-electron chi connectivity index (χ0n) is 10.8. The van der Waals surface area contributed by atoms with E-state index in [-0.39, 0.29) is 0 Å². The molecule has 104 valence electrons. The van der Waals surface area contributed by atoms with Crippen LogP contribution in [0.25, 0.3) is 11.0 Å². The fraction of sp³-hybridized carbons (Fsp3) is 0.462. The minimum atomic E-state index is 0.501. The van der Waals surface area contributed by atoms with Crippen molar-refractivity contribution in [3.8, 4) is 0 Å². The Morgan fingerprint density at radius 2 is 2.00 bits per heavy atom. The molecular formula is C13H15Cl3N2S. The van der Waals surface area contributed by atoms with Crippen LogP contribution in [0.5, 0.6) is 0 Å². The molecule has 0 aliphatic carbocycles. The molecule has 2 rings (SSSR count). The first-order valence-corrected chi connectivity index (χ1v) is 8.57. The number of benzene rings is 1. The van der Waals surface area contributed by atoms with Gasteiger partial charge in [0.25, 0.3) is 0 Å². The van der Waals surface area contributed by atoms with Crippen molar-refractivity contribution in [1.29, 1.82) is 0 Å². The maximum absolute atomic E-state index is 6.11. The Hall–Kier alpha value is -0.0900. The number of rotatable bonds is 5. The summed E-state index contributed by atoms with van der Waals surface area (Å²) in [6.45, 7) is 3.08. The first-order valence-electron chi connectivity index (χ1n) is 5.99. The van der Waals surface area contributed by atoms with Gasteiger partial charge in [-0.1, -0.05) is 30.1 Å². The molecular weight excluding hydrogens is 323 g/mol. The standard InChI is InChI=1S/C13H15Cl3N2S/c1-8(19-2)7-18-12-6-10(16)9(15)5-11(12)17-13(18)3-4-14/h5-6,8H,3-4,7H2,1-2H3. The number of aryl methyl sites for hydroxylation is 1. The molecule has 0 N–H and O–H groups in total. The average molecular weight is 338 g/mol. The molecule has 1 unspecified atom stereocenters. The second kappa shape index (κ2) is 6.57. The minimum absolute atomic E-state index is 0.501. The third kappa shape index (κ3) is 3.33. The molecule has 0 saturated carbocycles. The second-order valence-corrected chi connectivity index (χ2v) is 6.85. The van der Waals surface area contributed by atoms with Gasteiger partial charge in [-0.3, -0.25) is 0 Å². The topological polar surface area (TPSA) is 17.8 Å². The molecule has 0 saturated heterocycles. The fourth-order valence-electron chi connectivity index (χ4n) is 1.98. The molecule has 2 nitrogen and oxygen atoms in total. The van der Waals surface area contributed by atoms with Crippen LogP contribution in [0.4, 0.5) is 0 Å². The molecule has 0 fully saturated rings. The minimum Gasteiger partial charge on any atom is -0.327 e. The van der Waals surface area contributed by atoms with Crippen molar-refractivity contribution in [3.05, 3.63) is 28.0 Å². The lowest BCUT2D eigenvalue weighted by molar-refractivity contribution is 0.672. The van der Waals surface area contributed by atoms with Gasteiger partial charge in [0.1, 0.15) is 5.82 Å². The van der Waals surface area contributed by atoms with Gasteiger partial charge < -0.3 is 4.57 Å². The summed E-state index contributed by atoms with van der Waals surface area (Å²) in [6, 6.07) is 3.70. The number of nitrogens with zero attached hydrogens (tertiary/aromatic N) is 2. The summed E-state index contributed by atoms with van der Waals surface area (Å²) >= 11 is 19.8. The maximum Gasteiger partial charge on any atom is 0.111 e. The van der Waals surface area contributed by atoms with Crippen molar-refractivity contribution < 1.29 is 0 Å². The summed E-state index contributed by atoms with van der Waals surface area (Å²) in [6.07, 6.45) is 2.85. The van der Waals surface area contributed by atoms with Gasteiger partial charge in [0.05, 0.1) is 21.1 Å². The van der Waals surface area contributed by atoms with Gasteiger partial charge in [-0.25, -0.2) is 4.98 Å². The van der Waals surface area contributed by atoms with Gasteiger partial charge >= 0.3 is 0 Å². The second-order valence-electron chi connectivity index (χ2n) is 4.38. The number of halogens is 3.